The lowest BCUT2D eigenvalue weighted by molar-refractivity contribution is -0.138. The third-order valence-electron chi connectivity index (χ3n) is 12.2. The number of nitrogens with zero attached hydrogens (tertiary/aromatic N) is 4. The molecule has 0 spiro atoms. The van der Waals surface area contributed by atoms with E-state index in [4.69, 9.17) is 28.9 Å². The van der Waals surface area contributed by atoms with E-state index in [0.29, 0.717) is 49.9 Å². The van der Waals surface area contributed by atoms with Gasteiger partial charge in [-0.25, -0.2) is 19.6 Å². The Morgan fingerprint density at radius 3 is 2.23 bits per heavy atom. The van der Waals surface area contributed by atoms with Crippen molar-refractivity contribution in [3.8, 4) is 28.1 Å². The minimum Gasteiger partial charge on any atom is -0.488 e. The molecule has 0 aliphatic carbocycles. The van der Waals surface area contributed by atoms with Crippen LogP contribution in [0.2, 0.25) is 0 Å². The van der Waals surface area contributed by atoms with Crippen LogP contribution in [0.3, 0.4) is 0 Å². The minimum atomic E-state index is -0.948. The Morgan fingerprint density at radius 1 is 0.803 bits per heavy atom. The first-order chi connectivity index (χ1) is 31.8. The van der Waals surface area contributed by atoms with Crippen molar-refractivity contribution in [2.24, 2.45) is 11.8 Å². The number of hydrogen-bond donors (Lipinski definition) is 4. The van der Waals surface area contributed by atoms with Gasteiger partial charge in [0.2, 0.25) is 5.91 Å². The number of alkyl carbamates (subject to hydrolysis) is 2. The van der Waals surface area contributed by atoms with Crippen LogP contribution in [0.4, 0.5) is 9.59 Å². The predicted octanol–water partition coefficient (Wildman–Crippen LogP) is 8.62. The number of methoxy groups -OCH3 is 3. The molecule has 0 unspecified atom stereocenters. The Morgan fingerprint density at radius 2 is 1.53 bits per heavy atom. The molecule has 0 saturated carbocycles. The van der Waals surface area contributed by atoms with Crippen LogP contribution < -0.4 is 15.4 Å². The van der Waals surface area contributed by atoms with E-state index in [1.54, 1.807) is 23.1 Å². The zero-order chi connectivity index (χ0) is 47.2. The number of H-pyrrole nitrogens is 2. The SMILES string of the molecule is CCCN(C(=O)[C@H](NC(=O)OC)c1ccccc1)[C@@H](C)c1nc2c(ccc3cc4c(cc32)OCc2cc(-c3cnc([C@H](C)N(C[C@H](C)COC)C(=O)[C@@H](NC(=O)OC)C(C)C)[nH]3)ccc2-4)[nH]1. The summed E-state index contributed by atoms with van der Waals surface area (Å²) in [7, 11) is 4.18. The fraction of sp³-hybridized carbons (Fsp3) is 0.400. The number of imidazole rings is 2. The maximum absolute atomic E-state index is 14.3. The van der Waals surface area contributed by atoms with Crippen molar-refractivity contribution in [1.82, 2.24) is 40.4 Å². The molecule has 348 valence electrons. The smallest absolute Gasteiger partial charge is 0.407 e. The summed E-state index contributed by atoms with van der Waals surface area (Å²) >= 11 is 0. The highest BCUT2D eigenvalue weighted by Gasteiger charge is 2.35. The molecule has 0 saturated heterocycles. The molecule has 66 heavy (non-hydrogen) atoms. The molecule has 4 N–H and O–H groups in total. The van der Waals surface area contributed by atoms with Crippen LogP contribution in [0.15, 0.2) is 79.0 Å². The summed E-state index contributed by atoms with van der Waals surface area (Å²) in [6.45, 7) is 13.3. The lowest BCUT2D eigenvalue weighted by Gasteiger charge is -2.34. The van der Waals surface area contributed by atoms with Crippen molar-refractivity contribution in [2.75, 3.05) is 41.0 Å². The number of carbonyl (C=O) groups is 4. The number of fused-ring (bicyclic) bond motifs is 6. The zero-order valence-electron chi connectivity index (χ0n) is 39.1. The van der Waals surface area contributed by atoms with E-state index >= 15 is 0 Å². The van der Waals surface area contributed by atoms with Crippen molar-refractivity contribution >= 4 is 45.8 Å². The van der Waals surface area contributed by atoms with E-state index in [2.05, 4.69) is 50.9 Å². The molecule has 7 rings (SSSR count). The Labute approximate surface area is 384 Å². The van der Waals surface area contributed by atoms with Gasteiger partial charge in [-0.1, -0.05) is 76.2 Å². The van der Waals surface area contributed by atoms with E-state index < -0.39 is 36.4 Å². The Balaban J connectivity index is 1.14. The Hall–Kier alpha value is -6.94. The van der Waals surface area contributed by atoms with Gasteiger partial charge in [-0.15, -0.1) is 0 Å². The fourth-order valence-corrected chi connectivity index (χ4v) is 8.66. The van der Waals surface area contributed by atoms with Crippen LogP contribution >= 0.6 is 0 Å². The average molecular weight is 901 g/mol. The zero-order valence-corrected chi connectivity index (χ0v) is 39.1. The van der Waals surface area contributed by atoms with Crippen molar-refractivity contribution in [3.63, 3.8) is 0 Å². The monoisotopic (exact) mass is 900 g/mol. The lowest BCUT2D eigenvalue weighted by Crippen LogP contribution is -2.53. The number of carbonyl (C=O) groups excluding carboxylic acids is 4. The van der Waals surface area contributed by atoms with Gasteiger partial charge >= 0.3 is 12.2 Å². The number of aromatic nitrogens is 4. The number of nitrogens with one attached hydrogen (secondary N) is 4. The van der Waals surface area contributed by atoms with Crippen LogP contribution in [0, 0.1) is 11.8 Å². The summed E-state index contributed by atoms with van der Waals surface area (Å²) in [6.07, 6.45) is 1.10. The topological polar surface area (TPSA) is 193 Å². The van der Waals surface area contributed by atoms with Gasteiger partial charge in [-0.2, -0.15) is 0 Å². The molecular formula is C50H60N8O8. The van der Waals surface area contributed by atoms with Crippen LogP contribution in [0.1, 0.15) is 88.9 Å². The van der Waals surface area contributed by atoms with E-state index in [9.17, 15) is 19.2 Å². The van der Waals surface area contributed by atoms with Gasteiger partial charge in [0.25, 0.3) is 5.91 Å². The summed E-state index contributed by atoms with van der Waals surface area (Å²) < 4.78 is 21.5. The number of hydrogen-bond acceptors (Lipinski definition) is 10. The highest BCUT2D eigenvalue weighted by molar-refractivity contribution is 6.07. The summed E-state index contributed by atoms with van der Waals surface area (Å²) in [4.78, 5) is 73.2. The van der Waals surface area contributed by atoms with Gasteiger partial charge < -0.3 is 49.3 Å². The second kappa shape index (κ2) is 20.5. The molecule has 16 heteroatoms. The van der Waals surface area contributed by atoms with Crippen LogP contribution in [-0.4, -0.2) is 101 Å². The molecule has 0 bridgehead atoms. The van der Waals surface area contributed by atoms with Gasteiger partial charge in [0.05, 0.1) is 55.8 Å². The van der Waals surface area contributed by atoms with E-state index in [1.807, 2.05) is 84.0 Å². The third kappa shape index (κ3) is 9.83. The molecule has 1 aliphatic rings. The largest absolute Gasteiger partial charge is 0.488 e. The number of aromatic amines is 2. The molecule has 2 aromatic heterocycles. The average Bonchev–Trinajstić information content (AvgIpc) is 4.01. The molecule has 0 fully saturated rings. The number of amides is 4. The molecular weight excluding hydrogens is 841 g/mol. The standard InChI is InChI=1S/C50H60N8O8/c1-10-20-57(48(60)43(56-50(62)65-9)32-14-12-11-13-15-32)31(6)46-52-39-19-17-33-22-38-36-18-16-34(21-35(36)27-66-41(38)23-37(33)44(39)54-46)40-24-51-45(53-40)30(5)58(25-29(4)26-63-7)47(59)42(28(2)3)55-49(61)64-8/h11-19,21-24,28-31,42-43H,10,20,25-27H2,1-9H3,(H,51,53)(H,52,54)(H,55,61)(H,56,62)/t29-,30-,31-,42-,43+/m0/s1. The van der Waals surface area contributed by atoms with Gasteiger partial charge in [-0.05, 0) is 84.0 Å². The molecule has 0 radical (unpaired) electrons. The van der Waals surface area contributed by atoms with Crippen molar-refractivity contribution < 1.29 is 38.1 Å². The second-order valence-corrected chi connectivity index (χ2v) is 17.3. The van der Waals surface area contributed by atoms with Gasteiger partial charge in [0.15, 0.2) is 0 Å². The van der Waals surface area contributed by atoms with Gasteiger partial charge in [0, 0.05) is 31.1 Å². The fourth-order valence-electron chi connectivity index (χ4n) is 8.66. The number of ether oxygens (including phenoxy) is 4. The van der Waals surface area contributed by atoms with E-state index in [0.717, 1.165) is 55.5 Å². The lowest BCUT2D eigenvalue weighted by atomic mass is 9.92. The summed E-state index contributed by atoms with van der Waals surface area (Å²) in [5.74, 6) is 1.28. The van der Waals surface area contributed by atoms with E-state index in [1.165, 1.54) is 14.2 Å². The van der Waals surface area contributed by atoms with Crippen LogP contribution in [-0.2, 0) is 30.4 Å². The van der Waals surface area contributed by atoms with Crippen LogP contribution in [0.5, 0.6) is 5.75 Å². The van der Waals surface area contributed by atoms with Gasteiger partial charge in [-0.3, -0.25) is 9.59 Å². The minimum absolute atomic E-state index is 0.0190. The molecule has 5 atom stereocenters. The highest BCUT2D eigenvalue weighted by atomic mass is 16.5. The molecule has 3 heterocycles. The van der Waals surface area contributed by atoms with Crippen molar-refractivity contribution in [3.05, 3.63) is 102 Å². The summed E-state index contributed by atoms with van der Waals surface area (Å²) in [5.41, 5.74) is 6.95. The first-order valence-electron chi connectivity index (χ1n) is 22.4. The maximum atomic E-state index is 14.3. The van der Waals surface area contributed by atoms with Crippen molar-refractivity contribution in [1.29, 1.82) is 0 Å². The summed E-state index contributed by atoms with van der Waals surface area (Å²) in [5, 5.41) is 7.33. The first kappa shape index (κ1) is 47.0. The third-order valence-corrected chi connectivity index (χ3v) is 12.2. The number of benzene rings is 4. The predicted molar refractivity (Wildman–Crippen MR) is 251 cm³/mol. The highest BCUT2D eigenvalue weighted by Crippen LogP contribution is 2.43. The Kier molecular flexibility index (Phi) is 14.6. The normalized spacial score (nSPS) is 14.3. The molecule has 6 aromatic rings. The number of rotatable bonds is 17. The molecule has 16 nitrogen and oxygen atoms in total. The van der Waals surface area contributed by atoms with Crippen LogP contribution in [0.25, 0.3) is 44.2 Å². The van der Waals surface area contributed by atoms with Gasteiger partial charge in [0.1, 0.15) is 36.1 Å². The quantitative estimate of drug-likeness (QED) is 0.0689. The first-order valence-corrected chi connectivity index (χ1v) is 22.4. The van der Waals surface area contributed by atoms with Crippen molar-refractivity contribution in [2.45, 2.75) is 78.7 Å². The second-order valence-electron chi connectivity index (χ2n) is 17.3. The maximum Gasteiger partial charge on any atom is 0.407 e. The molecule has 4 aromatic carbocycles. The Bertz CT molecular complexity index is 2700. The summed E-state index contributed by atoms with van der Waals surface area (Å²) in [6, 6.07) is 20.9. The van der Waals surface area contributed by atoms with E-state index in [-0.39, 0.29) is 23.7 Å². The molecule has 4 amide bonds. The molecule has 1 aliphatic heterocycles.